The minimum atomic E-state index is -1.39. The van der Waals surface area contributed by atoms with Crippen molar-refractivity contribution in [2.45, 2.75) is 46.2 Å². The average Bonchev–Trinajstić information content (AvgIpc) is 2.15. The van der Waals surface area contributed by atoms with Crippen LogP contribution in [0, 0.1) is 11.8 Å². The molecule has 0 aliphatic heterocycles. The predicted molar refractivity (Wildman–Crippen MR) is 62.0 cm³/mol. The molecule has 0 aliphatic carbocycles. The lowest BCUT2D eigenvalue weighted by Gasteiger charge is -2.23. The highest BCUT2D eigenvalue weighted by atomic mass is 16.4. The van der Waals surface area contributed by atoms with Gasteiger partial charge in [-0.05, 0) is 18.8 Å². The molecule has 98 valence electrons. The van der Waals surface area contributed by atoms with Crippen LogP contribution in [0.5, 0.6) is 0 Å². The number of rotatable bonds is 6. The third-order valence-corrected chi connectivity index (χ3v) is 2.83. The van der Waals surface area contributed by atoms with Crippen molar-refractivity contribution in [2.24, 2.45) is 22.1 Å². The topological polar surface area (TPSA) is 99.3 Å². The van der Waals surface area contributed by atoms with Crippen molar-refractivity contribution in [2.75, 3.05) is 0 Å². The van der Waals surface area contributed by atoms with Gasteiger partial charge in [0.2, 0.25) is 0 Å². The standard InChI is InChI=1S/C11H20N2O4/c1-6(2)8(9(14)15)12-13-11(5,7(3)4)10(16)17/h6-8H,1-5H3,(H,14,15)(H,16,17)/b13-12+. The van der Waals surface area contributed by atoms with Gasteiger partial charge in [-0.25, -0.2) is 9.59 Å². The van der Waals surface area contributed by atoms with Gasteiger partial charge in [-0.3, -0.25) is 0 Å². The Morgan fingerprint density at radius 2 is 1.59 bits per heavy atom. The van der Waals surface area contributed by atoms with E-state index in [0.29, 0.717) is 0 Å². The van der Waals surface area contributed by atoms with E-state index < -0.39 is 23.5 Å². The van der Waals surface area contributed by atoms with Crippen LogP contribution in [0.15, 0.2) is 10.2 Å². The van der Waals surface area contributed by atoms with E-state index in [1.54, 1.807) is 27.7 Å². The minimum Gasteiger partial charge on any atom is -0.480 e. The summed E-state index contributed by atoms with van der Waals surface area (Å²) in [5.41, 5.74) is -1.39. The predicted octanol–water partition coefficient (Wildman–Crippen LogP) is 2.05. The second-order valence-corrected chi connectivity index (χ2v) is 4.85. The van der Waals surface area contributed by atoms with Crippen molar-refractivity contribution < 1.29 is 19.8 Å². The number of hydrogen-bond acceptors (Lipinski definition) is 4. The molecule has 6 nitrogen and oxygen atoms in total. The molecular formula is C11H20N2O4. The summed E-state index contributed by atoms with van der Waals surface area (Å²) in [6, 6.07) is -1.01. The molecule has 0 spiro atoms. The maximum absolute atomic E-state index is 11.1. The molecule has 0 heterocycles. The molecule has 2 unspecified atom stereocenters. The summed E-state index contributed by atoms with van der Waals surface area (Å²) in [7, 11) is 0. The van der Waals surface area contributed by atoms with Gasteiger partial charge in [-0.2, -0.15) is 10.2 Å². The van der Waals surface area contributed by atoms with Gasteiger partial charge < -0.3 is 10.2 Å². The zero-order valence-electron chi connectivity index (χ0n) is 10.8. The van der Waals surface area contributed by atoms with E-state index >= 15 is 0 Å². The minimum absolute atomic E-state index is 0.235. The Morgan fingerprint density at radius 3 is 1.82 bits per heavy atom. The summed E-state index contributed by atoms with van der Waals surface area (Å²) >= 11 is 0. The van der Waals surface area contributed by atoms with Crippen LogP contribution in [-0.2, 0) is 9.59 Å². The zero-order chi connectivity index (χ0) is 13.8. The van der Waals surface area contributed by atoms with Gasteiger partial charge in [0.15, 0.2) is 11.6 Å². The summed E-state index contributed by atoms with van der Waals surface area (Å²) in [6.07, 6.45) is 0. The van der Waals surface area contributed by atoms with Gasteiger partial charge in [0.1, 0.15) is 0 Å². The molecule has 17 heavy (non-hydrogen) atoms. The van der Waals surface area contributed by atoms with Crippen LogP contribution in [-0.4, -0.2) is 33.7 Å². The third-order valence-electron chi connectivity index (χ3n) is 2.83. The molecular weight excluding hydrogens is 224 g/mol. The van der Waals surface area contributed by atoms with Crippen LogP contribution in [0.2, 0.25) is 0 Å². The van der Waals surface area contributed by atoms with Crippen molar-refractivity contribution in [3.63, 3.8) is 0 Å². The van der Waals surface area contributed by atoms with E-state index in [2.05, 4.69) is 10.2 Å². The number of carbonyl (C=O) groups is 2. The fourth-order valence-electron chi connectivity index (χ4n) is 1.06. The number of carboxylic acids is 2. The van der Waals surface area contributed by atoms with E-state index in [-0.39, 0.29) is 11.8 Å². The maximum atomic E-state index is 11.1. The highest BCUT2D eigenvalue weighted by Crippen LogP contribution is 2.23. The SMILES string of the molecule is CC(C)C(/N=N/C(C)(C(=O)O)C(C)C)C(=O)O. The number of azo groups is 1. The second kappa shape index (κ2) is 5.75. The Bertz CT molecular complexity index is 325. The number of nitrogens with zero attached hydrogens (tertiary/aromatic N) is 2. The van der Waals surface area contributed by atoms with Crippen LogP contribution in [0.4, 0.5) is 0 Å². The Labute approximate surface area is 101 Å². The van der Waals surface area contributed by atoms with E-state index in [4.69, 9.17) is 10.2 Å². The average molecular weight is 244 g/mol. The highest BCUT2D eigenvalue weighted by molar-refractivity contribution is 5.79. The lowest BCUT2D eigenvalue weighted by Crippen LogP contribution is -2.39. The summed E-state index contributed by atoms with van der Waals surface area (Å²) in [5.74, 6) is -2.71. The molecule has 0 amide bonds. The second-order valence-electron chi connectivity index (χ2n) is 4.85. The molecule has 2 N–H and O–H groups in total. The summed E-state index contributed by atoms with van der Waals surface area (Å²) < 4.78 is 0. The van der Waals surface area contributed by atoms with E-state index in [1.807, 2.05) is 0 Å². The smallest absolute Gasteiger partial charge is 0.333 e. The molecule has 0 bridgehead atoms. The quantitative estimate of drug-likeness (QED) is 0.698. The van der Waals surface area contributed by atoms with Crippen molar-refractivity contribution in [1.29, 1.82) is 0 Å². The van der Waals surface area contributed by atoms with Crippen molar-refractivity contribution in [1.82, 2.24) is 0 Å². The lowest BCUT2D eigenvalue weighted by molar-refractivity contribution is -0.145. The Morgan fingerprint density at radius 1 is 1.12 bits per heavy atom. The monoisotopic (exact) mass is 244 g/mol. The molecule has 0 saturated heterocycles. The third kappa shape index (κ3) is 3.80. The summed E-state index contributed by atoms with van der Waals surface area (Å²) in [4.78, 5) is 22.0. The van der Waals surface area contributed by atoms with Crippen LogP contribution in [0.3, 0.4) is 0 Å². The molecule has 0 aromatic heterocycles. The molecule has 0 aliphatic rings. The van der Waals surface area contributed by atoms with E-state index in [1.165, 1.54) is 6.92 Å². The molecule has 0 aromatic carbocycles. The first-order valence-electron chi connectivity index (χ1n) is 5.51. The molecule has 0 saturated carbocycles. The van der Waals surface area contributed by atoms with E-state index in [0.717, 1.165) is 0 Å². The highest BCUT2D eigenvalue weighted by Gasteiger charge is 2.37. The Hall–Kier alpha value is -1.46. The van der Waals surface area contributed by atoms with Crippen molar-refractivity contribution in [3.05, 3.63) is 0 Å². The number of aliphatic carboxylic acids is 2. The first kappa shape index (κ1) is 15.5. The van der Waals surface area contributed by atoms with Crippen molar-refractivity contribution in [3.8, 4) is 0 Å². The fraction of sp³-hybridized carbons (Fsp3) is 0.818. The number of hydrogen-bond donors (Lipinski definition) is 2. The van der Waals surface area contributed by atoms with Gasteiger partial charge in [-0.1, -0.05) is 27.7 Å². The first-order valence-corrected chi connectivity index (χ1v) is 5.51. The van der Waals surface area contributed by atoms with Crippen LogP contribution < -0.4 is 0 Å². The van der Waals surface area contributed by atoms with Gasteiger partial charge in [-0.15, -0.1) is 0 Å². The van der Waals surface area contributed by atoms with Crippen LogP contribution >= 0.6 is 0 Å². The van der Waals surface area contributed by atoms with Crippen molar-refractivity contribution >= 4 is 11.9 Å². The largest absolute Gasteiger partial charge is 0.480 e. The molecule has 0 fully saturated rings. The zero-order valence-corrected chi connectivity index (χ0v) is 10.8. The van der Waals surface area contributed by atoms with Crippen LogP contribution in [0.25, 0.3) is 0 Å². The number of carboxylic acid groups (broad SMARTS) is 2. The fourth-order valence-corrected chi connectivity index (χ4v) is 1.06. The molecule has 2 atom stereocenters. The summed E-state index contributed by atoms with van der Waals surface area (Å²) in [5, 5.41) is 25.4. The summed E-state index contributed by atoms with van der Waals surface area (Å²) in [6.45, 7) is 8.25. The molecule has 0 radical (unpaired) electrons. The molecule has 6 heteroatoms. The maximum Gasteiger partial charge on any atom is 0.333 e. The first-order chi connectivity index (χ1) is 7.62. The van der Waals surface area contributed by atoms with Gasteiger partial charge >= 0.3 is 11.9 Å². The normalized spacial score (nSPS) is 17.4. The van der Waals surface area contributed by atoms with Gasteiger partial charge in [0.05, 0.1) is 0 Å². The van der Waals surface area contributed by atoms with Crippen LogP contribution in [0.1, 0.15) is 34.6 Å². The molecule has 0 rings (SSSR count). The van der Waals surface area contributed by atoms with Gasteiger partial charge in [0, 0.05) is 0 Å². The Balaban J connectivity index is 5.12. The van der Waals surface area contributed by atoms with E-state index in [9.17, 15) is 9.59 Å². The molecule has 0 aromatic rings. The Kier molecular flexibility index (Phi) is 5.25. The van der Waals surface area contributed by atoms with Gasteiger partial charge in [0.25, 0.3) is 0 Å². The lowest BCUT2D eigenvalue weighted by atomic mass is 9.90.